The van der Waals surface area contributed by atoms with E-state index in [2.05, 4.69) is 12.2 Å². The first kappa shape index (κ1) is 12.7. The summed E-state index contributed by atoms with van der Waals surface area (Å²) in [4.78, 5) is 0. The molecule has 2 fully saturated rings. The zero-order chi connectivity index (χ0) is 11.4. The second-order valence-electron chi connectivity index (χ2n) is 4.95. The van der Waals surface area contributed by atoms with E-state index < -0.39 is 0 Å². The predicted octanol–water partition coefficient (Wildman–Crippen LogP) is 1.67. The third-order valence-electron chi connectivity index (χ3n) is 3.43. The van der Waals surface area contributed by atoms with E-state index in [-0.39, 0.29) is 5.60 Å². The SMILES string of the molecule is CNCC(C)OC1CCOC2(CCSC2)C1. The van der Waals surface area contributed by atoms with Crippen molar-refractivity contribution in [3.05, 3.63) is 0 Å². The third kappa shape index (κ3) is 3.13. The largest absolute Gasteiger partial charge is 0.374 e. The minimum atomic E-state index is 0.146. The van der Waals surface area contributed by atoms with Crippen LogP contribution >= 0.6 is 11.8 Å². The van der Waals surface area contributed by atoms with Crippen LogP contribution in [0.1, 0.15) is 26.2 Å². The van der Waals surface area contributed by atoms with Crippen LogP contribution in [0.2, 0.25) is 0 Å². The van der Waals surface area contributed by atoms with Crippen LogP contribution in [0, 0.1) is 0 Å². The lowest BCUT2D eigenvalue weighted by Crippen LogP contribution is -2.44. The molecule has 0 amide bonds. The van der Waals surface area contributed by atoms with Gasteiger partial charge in [0.15, 0.2) is 0 Å². The number of ether oxygens (including phenoxy) is 2. The van der Waals surface area contributed by atoms with Crippen LogP contribution in [0.25, 0.3) is 0 Å². The molecule has 94 valence electrons. The van der Waals surface area contributed by atoms with Gasteiger partial charge in [0.2, 0.25) is 0 Å². The van der Waals surface area contributed by atoms with Crippen LogP contribution < -0.4 is 5.32 Å². The molecule has 2 aliphatic heterocycles. The Morgan fingerprint density at radius 1 is 1.62 bits per heavy atom. The second kappa shape index (κ2) is 5.71. The van der Waals surface area contributed by atoms with E-state index >= 15 is 0 Å². The molecule has 16 heavy (non-hydrogen) atoms. The molecule has 3 nitrogen and oxygen atoms in total. The minimum absolute atomic E-state index is 0.146. The lowest BCUT2D eigenvalue weighted by atomic mass is 9.91. The highest BCUT2D eigenvalue weighted by atomic mass is 32.2. The molecular formula is C12H23NO2S. The van der Waals surface area contributed by atoms with E-state index in [1.165, 1.54) is 12.2 Å². The van der Waals surface area contributed by atoms with Gasteiger partial charge in [0, 0.05) is 25.3 Å². The van der Waals surface area contributed by atoms with Crippen molar-refractivity contribution in [1.82, 2.24) is 5.32 Å². The molecule has 0 aromatic heterocycles. The molecule has 3 atom stereocenters. The molecule has 3 unspecified atom stereocenters. The normalized spacial score (nSPS) is 36.8. The first-order chi connectivity index (χ1) is 7.74. The van der Waals surface area contributed by atoms with Gasteiger partial charge in [0.25, 0.3) is 0 Å². The number of thioether (sulfide) groups is 1. The average molecular weight is 245 g/mol. The first-order valence-corrected chi connectivity index (χ1v) is 7.41. The highest BCUT2D eigenvalue weighted by Crippen LogP contribution is 2.39. The lowest BCUT2D eigenvalue weighted by molar-refractivity contribution is -0.133. The molecular weight excluding hydrogens is 222 g/mol. The molecule has 2 aliphatic rings. The standard InChI is InChI=1S/C12H23NO2S/c1-10(8-13-2)15-11-3-5-14-12(7-11)4-6-16-9-12/h10-11,13H,3-9H2,1-2H3. The summed E-state index contributed by atoms with van der Waals surface area (Å²) in [6, 6.07) is 0. The van der Waals surface area contributed by atoms with E-state index in [0.717, 1.165) is 31.7 Å². The van der Waals surface area contributed by atoms with Gasteiger partial charge in [-0.2, -0.15) is 11.8 Å². The van der Waals surface area contributed by atoms with Gasteiger partial charge in [-0.3, -0.25) is 0 Å². The van der Waals surface area contributed by atoms with Crippen LogP contribution in [0.15, 0.2) is 0 Å². The van der Waals surface area contributed by atoms with Crippen LogP contribution in [0.4, 0.5) is 0 Å². The first-order valence-electron chi connectivity index (χ1n) is 6.26. The zero-order valence-corrected chi connectivity index (χ0v) is 11.1. The highest BCUT2D eigenvalue weighted by molar-refractivity contribution is 7.99. The molecule has 1 N–H and O–H groups in total. The van der Waals surface area contributed by atoms with Gasteiger partial charge in [0.1, 0.15) is 0 Å². The van der Waals surface area contributed by atoms with Gasteiger partial charge in [-0.1, -0.05) is 0 Å². The fourth-order valence-electron chi connectivity index (χ4n) is 2.63. The van der Waals surface area contributed by atoms with Crippen molar-refractivity contribution < 1.29 is 9.47 Å². The maximum absolute atomic E-state index is 6.07. The Morgan fingerprint density at radius 2 is 2.50 bits per heavy atom. The number of hydrogen-bond acceptors (Lipinski definition) is 4. The summed E-state index contributed by atoms with van der Waals surface area (Å²) < 4.78 is 12.0. The summed E-state index contributed by atoms with van der Waals surface area (Å²) in [6.45, 7) is 3.94. The van der Waals surface area contributed by atoms with Gasteiger partial charge in [0.05, 0.1) is 17.8 Å². The Labute approximate surface area is 103 Å². The summed E-state index contributed by atoms with van der Waals surface area (Å²) in [7, 11) is 1.97. The molecule has 0 saturated carbocycles. The Bertz CT molecular complexity index is 219. The van der Waals surface area contributed by atoms with Crippen LogP contribution in [0.5, 0.6) is 0 Å². The topological polar surface area (TPSA) is 30.5 Å². The minimum Gasteiger partial charge on any atom is -0.374 e. The molecule has 2 heterocycles. The number of rotatable bonds is 4. The van der Waals surface area contributed by atoms with Crippen molar-refractivity contribution in [2.45, 2.75) is 44.0 Å². The highest BCUT2D eigenvalue weighted by Gasteiger charge is 2.41. The van der Waals surface area contributed by atoms with Gasteiger partial charge < -0.3 is 14.8 Å². The summed E-state index contributed by atoms with van der Waals surface area (Å²) in [5.41, 5.74) is 0.146. The van der Waals surface area contributed by atoms with E-state index in [4.69, 9.17) is 9.47 Å². The summed E-state index contributed by atoms with van der Waals surface area (Å²) in [6.07, 6.45) is 4.06. The van der Waals surface area contributed by atoms with Gasteiger partial charge in [-0.05, 0) is 32.6 Å². The second-order valence-corrected chi connectivity index (χ2v) is 6.06. The van der Waals surface area contributed by atoms with Gasteiger partial charge >= 0.3 is 0 Å². The maximum Gasteiger partial charge on any atom is 0.0805 e. The Hall–Kier alpha value is 0.230. The molecule has 0 bridgehead atoms. The Morgan fingerprint density at radius 3 is 3.19 bits per heavy atom. The fraction of sp³-hybridized carbons (Fsp3) is 1.00. The third-order valence-corrected chi connectivity index (χ3v) is 4.65. The monoisotopic (exact) mass is 245 g/mol. The lowest BCUT2D eigenvalue weighted by Gasteiger charge is -2.38. The summed E-state index contributed by atoms with van der Waals surface area (Å²) >= 11 is 2.02. The molecule has 2 rings (SSSR count). The zero-order valence-electron chi connectivity index (χ0n) is 10.3. The van der Waals surface area contributed by atoms with E-state index in [1.54, 1.807) is 0 Å². The fourth-order valence-corrected chi connectivity index (χ4v) is 4.00. The van der Waals surface area contributed by atoms with Gasteiger partial charge in [-0.15, -0.1) is 0 Å². The van der Waals surface area contributed by atoms with Crippen molar-refractivity contribution in [1.29, 1.82) is 0 Å². The predicted molar refractivity (Wildman–Crippen MR) is 68.1 cm³/mol. The van der Waals surface area contributed by atoms with Crippen molar-refractivity contribution in [3.8, 4) is 0 Å². The molecule has 0 aromatic rings. The molecule has 0 aromatic carbocycles. The Kier molecular flexibility index (Phi) is 4.53. The van der Waals surface area contributed by atoms with E-state index in [9.17, 15) is 0 Å². The molecule has 0 aliphatic carbocycles. The maximum atomic E-state index is 6.07. The summed E-state index contributed by atoms with van der Waals surface area (Å²) in [5, 5.41) is 3.16. The molecule has 4 heteroatoms. The molecule has 0 radical (unpaired) electrons. The van der Waals surface area contributed by atoms with Crippen LogP contribution in [-0.4, -0.2) is 49.5 Å². The van der Waals surface area contributed by atoms with Crippen molar-refractivity contribution in [2.75, 3.05) is 31.7 Å². The van der Waals surface area contributed by atoms with E-state index in [1.807, 2.05) is 18.8 Å². The van der Waals surface area contributed by atoms with E-state index in [0.29, 0.717) is 12.2 Å². The molecule has 2 saturated heterocycles. The smallest absolute Gasteiger partial charge is 0.0805 e. The number of likely N-dealkylation sites (N-methyl/N-ethyl adjacent to an activating group) is 1. The van der Waals surface area contributed by atoms with Crippen molar-refractivity contribution >= 4 is 11.8 Å². The van der Waals surface area contributed by atoms with Crippen LogP contribution in [0.3, 0.4) is 0 Å². The Balaban J connectivity index is 1.82. The van der Waals surface area contributed by atoms with Gasteiger partial charge in [-0.25, -0.2) is 0 Å². The summed E-state index contributed by atoms with van der Waals surface area (Å²) in [5.74, 6) is 2.41. The number of hydrogen-bond donors (Lipinski definition) is 1. The average Bonchev–Trinajstić information content (AvgIpc) is 2.66. The quantitative estimate of drug-likeness (QED) is 0.816. The van der Waals surface area contributed by atoms with Crippen molar-refractivity contribution in [3.63, 3.8) is 0 Å². The number of nitrogens with one attached hydrogen (secondary N) is 1. The molecule has 1 spiro atoms. The van der Waals surface area contributed by atoms with Crippen molar-refractivity contribution in [2.24, 2.45) is 0 Å². The van der Waals surface area contributed by atoms with Crippen LogP contribution in [-0.2, 0) is 9.47 Å².